The second-order valence-electron chi connectivity index (χ2n) is 4.53. The van der Waals surface area contributed by atoms with Gasteiger partial charge in [0.25, 0.3) is 0 Å². The summed E-state index contributed by atoms with van der Waals surface area (Å²) in [6.45, 7) is 2.22. The van der Waals surface area contributed by atoms with Gasteiger partial charge in [-0.15, -0.1) is 0 Å². The molecule has 4 N–H and O–H groups in total. The second-order valence-corrected chi connectivity index (χ2v) is 4.53. The summed E-state index contributed by atoms with van der Waals surface area (Å²) in [5.74, 6) is -0.200. The first-order chi connectivity index (χ1) is 7.56. The molecule has 0 saturated heterocycles. The Morgan fingerprint density at radius 3 is 2.69 bits per heavy atom. The molecular weight excluding hydrogens is 204 g/mol. The summed E-state index contributed by atoms with van der Waals surface area (Å²) in [6.07, 6.45) is 2.33. The Kier molecular flexibility index (Phi) is 2.73. The van der Waals surface area contributed by atoms with Crippen LogP contribution in [0, 0.1) is 5.92 Å². The first-order valence-corrected chi connectivity index (χ1v) is 5.45. The van der Waals surface area contributed by atoms with E-state index in [9.17, 15) is 4.79 Å². The molecule has 0 aromatic heterocycles. The molecule has 1 aliphatic carbocycles. The standard InChI is InChI=1S/C12H16N2O2/c1-7-4-9(5-7)14-8-2-3-10(12(15)16)11(13)6-8/h2-3,6-7,9,14H,4-5,13H2,1H3,(H,15,16). The van der Waals surface area contributed by atoms with E-state index in [0.29, 0.717) is 11.7 Å². The van der Waals surface area contributed by atoms with Crippen molar-refractivity contribution in [1.82, 2.24) is 0 Å². The van der Waals surface area contributed by atoms with Crippen molar-refractivity contribution in [3.8, 4) is 0 Å². The van der Waals surface area contributed by atoms with E-state index >= 15 is 0 Å². The van der Waals surface area contributed by atoms with E-state index in [1.165, 1.54) is 12.8 Å². The lowest BCUT2D eigenvalue weighted by Crippen LogP contribution is -2.33. The van der Waals surface area contributed by atoms with Gasteiger partial charge in [0.2, 0.25) is 0 Å². The molecule has 86 valence electrons. The molecule has 0 unspecified atom stereocenters. The summed E-state index contributed by atoms with van der Waals surface area (Å²) >= 11 is 0. The van der Waals surface area contributed by atoms with Gasteiger partial charge in [0, 0.05) is 17.4 Å². The Balaban J connectivity index is 2.06. The number of benzene rings is 1. The number of aromatic carboxylic acids is 1. The second kappa shape index (κ2) is 4.04. The first-order valence-electron chi connectivity index (χ1n) is 5.45. The summed E-state index contributed by atoms with van der Waals surface area (Å²) in [7, 11) is 0. The van der Waals surface area contributed by atoms with E-state index in [1.807, 2.05) is 0 Å². The van der Waals surface area contributed by atoms with Crippen molar-refractivity contribution in [2.45, 2.75) is 25.8 Å². The smallest absolute Gasteiger partial charge is 0.337 e. The summed E-state index contributed by atoms with van der Waals surface area (Å²) in [5, 5.41) is 12.2. The SMILES string of the molecule is CC1CC(Nc2ccc(C(=O)O)c(N)c2)C1. The number of rotatable bonds is 3. The van der Waals surface area contributed by atoms with Crippen LogP contribution in [0.3, 0.4) is 0 Å². The Labute approximate surface area is 94.5 Å². The highest BCUT2D eigenvalue weighted by Crippen LogP contribution is 2.30. The third-order valence-electron chi connectivity index (χ3n) is 3.03. The van der Waals surface area contributed by atoms with Crippen LogP contribution >= 0.6 is 0 Å². The predicted octanol–water partition coefficient (Wildman–Crippen LogP) is 2.18. The largest absolute Gasteiger partial charge is 0.478 e. The monoisotopic (exact) mass is 220 g/mol. The summed E-state index contributed by atoms with van der Waals surface area (Å²) < 4.78 is 0. The predicted molar refractivity (Wildman–Crippen MR) is 63.6 cm³/mol. The summed E-state index contributed by atoms with van der Waals surface area (Å²) in [6, 6.07) is 5.50. The van der Waals surface area contributed by atoms with Gasteiger partial charge >= 0.3 is 5.97 Å². The molecule has 0 radical (unpaired) electrons. The van der Waals surface area contributed by atoms with Gasteiger partial charge in [-0.05, 0) is 37.0 Å². The van der Waals surface area contributed by atoms with Gasteiger partial charge < -0.3 is 16.2 Å². The molecule has 1 aromatic carbocycles. The van der Waals surface area contributed by atoms with Gasteiger partial charge in [0.05, 0.1) is 5.56 Å². The van der Waals surface area contributed by atoms with Gasteiger partial charge in [-0.25, -0.2) is 4.79 Å². The zero-order valence-corrected chi connectivity index (χ0v) is 9.23. The van der Waals surface area contributed by atoms with E-state index in [4.69, 9.17) is 10.8 Å². The molecule has 0 aliphatic heterocycles. The van der Waals surface area contributed by atoms with Crippen molar-refractivity contribution in [2.24, 2.45) is 5.92 Å². The fourth-order valence-electron chi connectivity index (χ4n) is 2.10. The van der Waals surface area contributed by atoms with E-state index in [-0.39, 0.29) is 5.56 Å². The molecule has 4 heteroatoms. The number of hydrogen-bond acceptors (Lipinski definition) is 3. The van der Waals surface area contributed by atoms with Gasteiger partial charge in [0.15, 0.2) is 0 Å². The van der Waals surface area contributed by atoms with Crippen molar-refractivity contribution in [2.75, 3.05) is 11.1 Å². The number of carbonyl (C=O) groups is 1. The summed E-state index contributed by atoms with van der Waals surface area (Å²) in [4.78, 5) is 10.8. The zero-order valence-electron chi connectivity index (χ0n) is 9.23. The lowest BCUT2D eigenvalue weighted by molar-refractivity contribution is 0.0698. The zero-order chi connectivity index (χ0) is 11.7. The lowest BCUT2D eigenvalue weighted by Gasteiger charge is -2.34. The maximum Gasteiger partial charge on any atom is 0.337 e. The first kappa shape index (κ1) is 10.8. The van der Waals surface area contributed by atoms with Crippen LogP contribution in [-0.2, 0) is 0 Å². The number of carboxylic acids is 1. The van der Waals surface area contributed by atoms with Gasteiger partial charge in [0.1, 0.15) is 0 Å². The van der Waals surface area contributed by atoms with E-state index < -0.39 is 5.97 Å². The highest BCUT2D eigenvalue weighted by atomic mass is 16.4. The summed E-state index contributed by atoms with van der Waals surface area (Å²) in [5.41, 5.74) is 7.04. The van der Waals surface area contributed by atoms with Gasteiger partial charge in [-0.3, -0.25) is 0 Å². The molecule has 1 saturated carbocycles. The Bertz CT molecular complexity index is 411. The fourth-order valence-corrected chi connectivity index (χ4v) is 2.10. The molecule has 1 aromatic rings. The van der Waals surface area contributed by atoms with Gasteiger partial charge in [-0.1, -0.05) is 6.92 Å². The van der Waals surface area contributed by atoms with Crippen molar-refractivity contribution in [3.63, 3.8) is 0 Å². The highest BCUT2D eigenvalue weighted by molar-refractivity contribution is 5.94. The van der Waals surface area contributed by atoms with Crippen LogP contribution in [-0.4, -0.2) is 17.1 Å². The van der Waals surface area contributed by atoms with Crippen LogP contribution in [0.25, 0.3) is 0 Å². The number of nitrogens with one attached hydrogen (secondary N) is 1. The normalized spacial score (nSPS) is 23.6. The molecule has 0 bridgehead atoms. The molecule has 16 heavy (non-hydrogen) atoms. The van der Waals surface area contributed by atoms with Crippen molar-refractivity contribution in [3.05, 3.63) is 23.8 Å². The van der Waals surface area contributed by atoms with Crippen molar-refractivity contribution in [1.29, 1.82) is 0 Å². The molecule has 1 fully saturated rings. The van der Waals surface area contributed by atoms with Crippen LogP contribution in [0.2, 0.25) is 0 Å². The van der Waals surface area contributed by atoms with Crippen LogP contribution < -0.4 is 11.1 Å². The van der Waals surface area contributed by atoms with Crippen LogP contribution in [0.4, 0.5) is 11.4 Å². The van der Waals surface area contributed by atoms with Crippen molar-refractivity contribution < 1.29 is 9.90 Å². The third-order valence-corrected chi connectivity index (χ3v) is 3.03. The van der Waals surface area contributed by atoms with E-state index in [0.717, 1.165) is 11.6 Å². The minimum absolute atomic E-state index is 0.160. The van der Waals surface area contributed by atoms with Crippen molar-refractivity contribution >= 4 is 17.3 Å². The lowest BCUT2D eigenvalue weighted by atomic mass is 9.82. The average molecular weight is 220 g/mol. The molecule has 4 nitrogen and oxygen atoms in total. The van der Waals surface area contributed by atoms with Crippen LogP contribution in [0.5, 0.6) is 0 Å². The van der Waals surface area contributed by atoms with Gasteiger partial charge in [-0.2, -0.15) is 0 Å². The molecule has 0 atom stereocenters. The maximum absolute atomic E-state index is 10.8. The molecular formula is C12H16N2O2. The number of nitrogen functional groups attached to an aromatic ring is 1. The molecule has 0 spiro atoms. The third kappa shape index (κ3) is 2.10. The topological polar surface area (TPSA) is 75.3 Å². The van der Waals surface area contributed by atoms with Crippen LogP contribution in [0.15, 0.2) is 18.2 Å². The highest BCUT2D eigenvalue weighted by Gasteiger charge is 2.25. The van der Waals surface area contributed by atoms with Crippen LogP contribution in [0.1, 0.15) is 30.1 Å². The molecule has 0 heterocycles. The minimum Gasteiger partial charge on any atom is -0.478 e. The number of carboxylic acid groups (broad SMARTS) is 1. The molecule has 2 rings (SSSR count). The van der Waals surface area contributed by atoms with E-state index in [2.05, 4.69) is 12.2 Å². The minimum atomic E-state index is -0.985. The van der Waals surface area contributed by atoms with E-state index in [1.54, 1.807) is 18.2 Å². The average Bonchev–Trinajstić information content (AvgIpc) is 2.15. The number of hydrogen-bond donors (Lipinski definition) is 3. The number of anilines is 2. The Morgan fingerprint density at radius 2 is 2.19 bits per heavy atom. The Morgan fingerprint density at radius 1 is 1.50 bits per heavy atom. The molecule has 0 amide bonds. The fraction of sp³-hybridized carbons (Fsp3) is 0.417. The maximum atomic E-state index is 10.8. The Hall–Kier alpha value is -1.71. The number of nitrogens with two attached hydrogens (primary N) is 1. The quantitative estimate of drug-likeness (QED) is 0.682. The molecule has 1 aliphatic rings.